The number of hydrogen-bond acceptors (Lipinski definition) is 3. The first kappa shape index (κ1) is 31.6. The number of ether oxygens (including phenoxy) is 1. The van der Waals surface area contributed by atoms with Crippen LogP contribution in [0.3, 0.4) is 0 Å². The number of hydrogen-bond donors (Lipinski definition) is 0. The average molecular weight is 618 g/mol. The van der Waals surface area contributed by atoms with Gasteiger partial charge in [0.05, 0.1) is 16.8 Å². The molecule has 1 aromatic heterocycles. The smallest absolute Gasteiger partial charge is 0.340 e. The summed E-state index contributed by atoms with van der Waals surface area (Å²) in [4.78, 5) is 18.8. The minimum atomic E-state index is -0.243. The van der Waals surface area contributed by atoms with Crippen molar-refractivity contribution in [2.45, 2.75) is 111 Å². The van der Waals surface area contributed by atoms with Gasteiger partial charge in [-0.2, -0.15) is 0 Å². The molecule has 0 unspecified atom stereocenters. The van der Waals surface area contributed by atoms with Crippen molar-refractivity contribution in [2.24, 2.45) is 46.3 Å². The van der Waals surface area contributed by atoms with Crippen molar-refractivity contribution >= 4 is 16.9 Å². The third-order valence-corrected chi connectivity index (χ3v) is 13.5. The molecule has 3 saturated carbocycles. The van der Waals surface area contributed by atoms with Crippen molar-refractivity contribution in [3.8, 4) is 11.3 Å². The van der Waals surface area contributed by atoms with Gasteiger partial charge in [0.25, 0.3) is 0 Å². The number of esters is 1. The van der Waals surface area contributed by atoms with Gasteiger partial charge in [-0.15, -0.1) is 0 Å². The molecule has 2 aromatic carbocycles. The fraction of sp³-hybridized carbons (Fsp3) is 0.581. The lowest BCUT2D eigenvalue weighted by atomic mass is 9.47. The lowest BCUT2D eigenvalue weighted by Crippen LogP contribution is -2.51. The molecule has 3 heteroatoms. The van der Waals surface area contributed by atoms with E-state index in [2.05, 4.69) is 40.7 Å². The number of rotatable bonds is 8. The van der Waals surface area contributed by atoms with E-state index < -0.39 is 0 Å². The second-order valence-corrected chi connectivity index (χ2v) is 16.5. The number of allylic oxidation sites excluding steroid dienone is 1. The van der Waals surface area contributed by atoms with Crippen molar-refractivity contribution in [1.29, 1.82) is 0 Å². The molecule has 0 N–H and O–H groups in total. The Morgan fingerprint density at radius 1 is 0.913 bits per heavy atom. The van der Waals surface area contributed by atoms with Crippen molar-refractivity contribution in [3.05, 3.63) is 77.9 Å². The highest BCUT2D eigenvalue weighted by molar-refractivity contribution is 6.00. The molecule has 0 amide bonds. The number of carbonyl (C=O) groups is 1. The third kappa shape index (κ3) is 5.64. The van der Waals surface area contributed by atoms with Crippen LogP contribution in [0.4, 0.5) is 0 Å². The molecule has 4 aliphatic rings. The van der Waals surface area contributed by atoms with E-state index in [0.29, 0.717) is 16.7 Å². The summed E-state index contributed by atoms with van der Waals surface area (Å²) in [5.41, 5.74) is 5.44. The Labute approximate surface area is 277 Å². The molecule has 8 atom stereocenters. The van der Waals surface area contributed by atoms with Crippen LogP contribution in [0.2, 0.25) is 0 Å². The molecule has 0 bridgehead atoms. The largest absolute Gasteiger partial charge is 0.458 e. The average Bonchev–Trinajstić information content (AvgIpc) is 3.42. The van der Waals surface area contributed by atoms with Crippen LogP contribution in [-0.4, -0.2) is 17.1 Å². The summed E-state index contributed by atoms with van der Waals surface area (Å²) in [6.07, 6.45) is 16.5. The first-order valence-corrected chi connectivity index (χ1v) is 18.5. The summed E-state index contributed by atoms with van der Waals surface area (Å²) in [7, 11) is 0. The van der Waals surface area contributed by atoms with Gasteiger partial charge in [0.1, 0.15) is 6.10 Å². The maximum absolute atomic E-state index is 13.9. The minimum Gasteiger partial charge on any atom is -0.458 e. The molecule has 0 saturated heterocycles. The highest BCUT2D eigenvalue weighted by Crippen LogP contribution is 2.67. The van der Waals surface area contributed by atoms with E-state index >= 15 is 0 Å². The zero-order valence-corrected chi connectivity index (χ0v) is 28.9. The summed E-state index contributed by atoms with van der Waals surface area (Å²) < 4.78 is 6.37. The molecule has 46 heavy (non-hydrogen) atoms. The van der Waals surface area contributed by atoms with Gasteiger partial charge >= 0.3 is 5.97 Å². The van der Waals surface area contributed by atoms with Crippen LogP contribution in [0.15, 0.2) is 72.3 Å². The first-order chi connectivity index (χ1) is 22.2. The summed E-state index contributed by atoms with van der Waals surface area (Å²) in [5, 5.41) is 0.967. The Hall–Kier alpha value is -2.94. The van der Waals surface area contributed by atoms with Crippen molar-refractivity contribution < 1.29 is 9.53 Å². The first-order valence-electron chi connectivity index (χ1n) is 18.5. The lowest BCUT2D eigenvalue weighted by molar-refractivity contribution is -0.0594. The molecule has 3 nitrogen and oxygen atoms in total. The predicted octanol–water partition coefficient (Wildman–Crippen LogP) is 11.5. The number of pyridine rings is 1. The Bertz CT molecular complexity index is 1590. The van der Waals surface area contributed by atoms with E-state index in [9.17, 15) is 4.79 Å². The van der Waals surface area contributed by atoms with Gasteiger partial charge < -0.3 is 4.74 Å². The Morgan fingerprint density at radius 2 is 1.70 bits per heavy atom. The van der Waals surface area contributed by atoms with Gasteiger partial charge in [0.2, 0.25) is 0 Å². The Kier molecular flexibility index (Phi) is 8.66. The van der Waals surface area contributed by atoms with Crippen LogP contribution in [0.25, 0.3) is 22.2 Å². The molecule has 3 fully saturated rings. The molecule has 4 aliphatic carbocycles. The number of carbonyl (C=O) groups excluding carboxylic acids is 1. The fourth-order valence-corrected chi connectivity index (χ4v) is 11.1. The van der Waals surface area contributed by atoms with Gasteiger partial charge in [-0.25, -0.2) is 9.78 Å². The monoisotopic (exact) mass is 617 g/mol. The highest BCUT2D eigenvalue weighted by Gasteiger charge is 2.59. The second kappa shape index (κ2) is 12.6. The summed E-state index contributed by atoms with van der Waals surface area (Å²) in [6.45, 7) is 12.6. The molecular formula is C43H55NO2. The van der Waals surface area contributed by atoms with Gasteiger partial charge in [0.15, 0.2) is 0 Å². The predicted molar refractivity (Wildman–Crippen MR) is 189 cm³/mol. The van der Waals surface area contributed by atoms with Gasteiger partial charge in [-0.3, -0.25) is 0 Å². The second-order valence-electron chi connectivity index (χ2n) is 16.5. The summed E-state index contributed by atoms with van der Waals surface area (Å²) >= 11 is 0. The van der Waals surface area contributed by atoms with Crippen LogP contribution < -0.4 is 0 Å². The normalized spacial score (nSPS) is 32.7. The van der Waals surface area contributed by atoms with Gasteiger partial charge in [-0.05, 0) is 103 Å². The quantitative estimate of drug-likeness (QED) is 0.186. The molecule has 244 valence electrons. The van der Waals surface area contributed by atoms with E-state index in [1.54, 1.807) is 5.57 Å². The number of fused-ring (bicyclic) bond motifs is 6. The van der Waals surface area contributed by atoms with Crippen LogP contribution in [0.5, 0.6) is 0 Å². The third-order valence-electron chi connectivity index (χ3n) is 13.5. The van der Waals surface area contributed by atoms with Crippen molar-refractivity contribution in [2.75, 3.05) is 0 Å². The lowest BCUT2D eigenvalue weighted by Gasteiger charge is -2.58. The zero-order valence-electron chi connectivity index (χ0n) is 28.9. The number of aromatic nitrogens is 1. The van der Waals surface area contributed by atoms with Crippen LogP contribution in [0, 0.1) is 46.3 Å². The molecule has 0 aliphatic heterocycles. The van der Waals surface area contributed by atoms with E-state index in [0.717, 1.165) is 71.2 Å². The summed E-state index contributed by atoms with van der Waals surface area (Å²) in [6, 6.07) is 20.1. The molecule has 7 rings (SSSR count). The zero-order chi connectivity index (χ0) is 32.1. The fourth-order valence-electron chi connectivity index (χ4n) is 11.1. The van der Waals surface area contributed by atoms with E-state index in [-0.39, 0.29) is 17.5 Å². The van der Waals surface area contributed by atoms with Crippen molar-refractivity contribution in [3.63, 3.8) is 0 Å². The highest BCUT2D eigenvalue weighted by atomic mass is 16.5. The minimum absolute atomic E-state index is 0.0742. The van der Waals surface area contributed by atoms with E-state index in [1.165, 1.54) is 51.4 Å². The molecule has 0 spiro atoms. The van der Waals surface area contributed by atoms with E-state index in [4.69, 9.17) is 9.72 Å². The molecule has 1 heterocycles. The van der Waals surface area contributed by atoms with Crippen LogP contribution >= 0.6 is 0 Å². The maximum atomic E-state index is 13.9. The van der Waals surface area contributed by atoms with Crippen LogP contribution in [0.1, 0.15) is 116 Å². The SMILES string of the molecule is CC(C)CCC[C@@H](C)[C@H]1CC[C@H]2[C@@H]3CC=C4C[C@@H](OC(=O)c5cc6ccccc6nc5-c5ccccc5)CC[C@]4(C)[C@H]3CC[C@]12C. The van der Waals surface area contributed by atoms with Gasteiger partial charge in [0, 0.05) is 17.4 Å². The van der Waals surface area contributed by atoms with Crippen molar-refractivity contribution in [1.82, 2.24) is 4.98 Å². The standard InChI is InChI=1S/C43H55NO2/c1-28(2)12-11-13-29(3)36-20-21-37-34-19-18-32-27-33(22-24-42(32,4)38(34)23-25-43(36,37)5)46-41(45)35-26-31-16-9-10-17-39(31)44-40(35)30-14-7-6-8-15-30/h6-10,14-18,26,28-29,33-34,36-38H,11-13,19-25,27H2,1-5H3/t29-,33+,34+,36-,37+,38+,42+,43-/m1/s1. The van der Waals surface area contributed by atoms with Gasteiger partial charge in [-0.1, -0.05) is 114 Å². The summed E-state index contributed by atoms with van der Waals surface area (Å²) in [5.74, 6) is 4.77. The number of nitrogens with zero attached hydrogens (tertiary/aromatic N) is 1. The Morgan fingerprint density at radius 3 is 2.50 bits per heavy atom. The number of para-hydroxylation sites is 1. The van der Waals surface area contributed by atoms with Crippen LogP contribution in [-0.2, 0) is 4.74 Å². The maximum Gasteiger partial charge on any atom is 0.340 e. The molecular weight excluding hydrogens is 562 g/mol. The topological polar surface area (TPSA) is 39.2 Å². The molecule has 3 aromatic rings. The number of benzene rings is 2. The molecule has 0 radical (unpaired) electrons. The Balaban J connectivity index is 1.06. The van der Waals surface area contributed by atoms with E-state index in [1.807, 2.05) is 60.7 Å².